The Morgan fingerprint density at radius 1 is 1.28 bits per heavy atom. The molecule has 0 fully saturated rings. The van der Waals surface area contributed by atoms with Gasteiger partial charge in [0.15, 0.2) is 11.5 Å². The highest BCUT2D eigenvalue weighted by Crippen LogP contribution is 2.20. The first-order valence-corrected chi connectivity index (χ1v) is 8.43. The molecule has 0 aliphatic carbocycles. The van der Waals surface area contributed by atoms with Gasteiger partial charge in [0.05, 0.1) is 18.8 Å². The summed E-state index contributed by atoms with van der Waals surface area (Å²) in [7, 11) is 0. The molecule has 3 heterocycles. The van der Waals surface area contributed by atoms with Gasteiger partial charge in [-0.2, -0.15) is 0 Å². The predicted octanol–water partition coefficient (Wildman–Crippen LogP) is 2.47. The van der Waals surface area contributed by atoms with Crippen molar-refractivity contribution in [1.82, 2.24) is 19.4 Å². The maximum atomic E-state index is 9.57. The molecule has 0 spiro atoms. The fourth-order valence-corrected chi connectivity index (χ4v) is 2.60. The summed E-state index contributed by atoms with van der Waals surface area (Å²) in [6.07, 6.45) is 7.31. The van der Waals surface area contributed by atoms with Crippen LogP contribution in [0.4, 0.5) is 11.6 Å². The van der Waals surface area contributed by atoms with Crippen LogP contribution in [-0.2, 0) is 6.54 Å². The summed E-state index contributed by atoms with van der Waals surface area (Å²) in [5, 5.41) is 16.2. The van der Waals surface area contributed by atoms with Crippen LogP contribution in [0.5, 0.6) is 0 Å². The highest BCUT2D eigenvalue weighted by Gasteiger charge is 2.15. The molecule has 1 unspecified atom stereocenters. The summed E-state index contributed by atoms with van der Waals surface area (Å²) >= 11 is 0. The van der Waals surface area contributed by atoms with Crippen LogP contribution in [0.3, 0.4) is 0 Å². The lowest BCUT2D eigenvalue weighted by molar-refractivity contribution is 0.249. The Kier molecular flexibility index (Phi) is 5.14. The van der Waals surface area contributed by atoms with Crippen molar-refractivity contribution in [1.29, 1.82) is 0 Å². The van der Waals surface area contributed by atoms with Crippen LogP contribution in [0.25, 0.3) is 5.65 Å². The van der Waals surface area contributed by atoms with E-state index in [2.05, 4.69) is 39.4 Å². The van der Waals surface area contributed by atoms with Crippen LogP contribution in [-0.4, -0.2) is 37.1 Å². The zero-order chi connectivity index (χ0) is 17.8. The van der Waals surface area contributed by atoms with Gasteiger partial charge in [-0.1, -0.05) is 19.9 Å². The van der Waals surface area contributed by atoms with Gasteiger partial charge in [-0.25, -0.2) is 9.97 Å². The molecule has 0 saturated carbocycles. The van der Waals surface area contributed by atoms with Gasteiger partial charge < -0.3 is 15.7 Å². The Balaban J connectivity index is 1.90. The lowest BCUT2D eigenvalue weighted by atomic mass is 10.1. The van der Waals surface area contributed by atoms with Crippen LogP contribution in [0, 0.1) is 12.8 Å². The molecule has 1 atom stereocenters. The molecular weight excluding hydrogens is 316 g/mol. The average molecular weight is 340 g/mol. The van der Waals surface area contributed by atoms with Crippen LogP contribution in [0.1, 0.15) is 25.1 Å². The van der Waals surface area contributed by atoms with E-state index in [1.807, 2.05) is 42.0 Å². The minimum absolute atomic E-state index is 0.0543. The second-order valence-corrected chi connectivity index (χ2v) is 6.46. The summed E-state index contributed by atoms with van der Waals surface area (Å²) in [6.45, 7) is 6.80. The van der Waals surface area contributed by atoms with Gasteiger partial charge >= 0.3 is 0 Å². The summed E-state index contributed by atoms with van der Waals surface area (Å²) in [6, 6.07) is 3.86. The highest BCUT2D eigenvalue weighted by molar-refractivity contribution is 5.66. The normalized spacial score (nSPS) is 12.5. The monoisotopic (exact) mass is 340 g/mol. The fourth-order valence-electron chi connectivity index (χ4n) is 2.60. The van der Waals surface area contributed by atoms with Crippen molar-refractivity contribution in [3.63, 3.8) is 0 Å². The zero-order valence-electron chi connectivity index (χ0n) is 14.8. The zero-order valence-corrected chi connectivity index (χ0v) is 14.8. The Labute approximate surface area is 147 Å². The molecular formula is C18H24N6O. The molecule has 132 valence electrons. The smallest absolute Gasteiger partial charge is 0.180 e. The molecule has 3 aromatic rings. The number of hydrogen-bond acceptors (Lipinski definition) is 6. The maximum absolute atomic E-state index is 9.57. The van der Waals surface area contributed by atoms with E-state index < -0.39 is 0 Å². The van der Waals surface area contributed by atoms with Crippen LogP contribution in [0.15, 0.2) is 36.9 Å². The maximum Gasteiger partial charge on any atom is 0.180 e. The van der Waals surface area contributed by atoms with Crippen molar-refractivity contribution in [2.75, 3.05) is 17.2 Å². The third-order valence-corrected chi connectivity index (χ3v) is 4.19. The van der Waals surface area contributed by atoms with Crippen molar-refractivity contribution in [3.8, 4) is 0 Å². The summed E-state index contributed by atoms with van der Waals surface area (Å²) in [4.78, 5) is 13.2. The molecule has 0 aliphatic heterocycles. The van der Waals surface area contributed by atoms with Crippen molar-refractivity contribution < 1.29 is 5.11 Å². The first-order valence-electron chi connectivity index (χ1n) is 8.43. The van der Waals surface area contributed by atoms with Gasteiger partial charge in [0.2, 0.25) is 0 Å². The molecule has 0 radical (unpaired) electrons. The number of anilines is 2. The summed E-state index contributed by atoms with van der Waals surface area (Å²) in [5.41, 5.74) is 2.87. The molecule has 7 nitrogen and oxygen atoms in total. The Bertz CT molecular complexity index is 830. The lowest BCUT2D eigenvalue weighted by Gasteiger charge is -2.21. The summed E-state index contributed by atoms with van der Waals surface area (Å²) in [5.74, 6) is 1.69. The quantitative estimate of drug-likeness (QED) is 0.612. The molecule has 0 aliphatic rings. The number of aryl methyl sites for hydroxylation is 1. The molecule has 3 N–H and O–H groups in total. The highest BCUT2D eigenvalue weighted by atomic mass is 16.3. The van der Waals surface area contributed by atoms with Crippen molar-refractivity contribution in [2.45, 2.75) is 33.4 Å². The SMILES string of the molecule is Cc1cnc2c(NCc3cccnc3)nc(NC(CO)C(C)C)cn12. The van der Waals surface area contributed by atoms with Crippen molar-refractivity contribution in [2.24, 2.45) is 5.92 Å². The molecule has 0 amide bonds. The van der Waals surface area contributed by atoms with Gasteiger partial charge in [0.1, 0.15) is 5.82 Å². The van der Waals surface area contributed by atoms with E-state index in [-0.39, 0.29) is 18.6 Å². The van der Waals surface area contributed by atoms with Crippen molar-refractivity contribution in [3.05, 3.63) is 48.2 Å². The number of pyridine rings is 1. The molecule has 25 heavy (non-hydrogen) atoms. The second kappa shape index (κ2) is 7.48. The van der Waals surface area contributed by atoms with E-state index in [1.165, 1.54) is 0 Å². The number of aliphatic hydroxyl groups excluding tert-OH is 1. The number of imidazole rings is 1. The van der Waals surface area contributed by atoms with Gasteiger partial charge in [-0.05, 0) is 24.5 Å². The van der Waals surface area contributed by atoms with Crippen molar-refractivity contribution >= 4 is 17.3 Å². The third-order valence-electron chi connectivity index (χ3n) is 4.19. The third kappa shape index (κ3) is 3.88. The van der Waals surface area contributed by atoms with E-state index in [0.717, 1.165) is 16.9 Å². The number of nitrogens with one attached hydrogen (secondary N) is 2. The minimum Gasteiger partial charge on any atom is -0.394 e. The molecule has 0 saturated heterocycles. The molecule has 3 rings (SSSR count). The number of aromatic nitrogens is 4. The standard InChI is InChI=1S/C18H24N6O/c1-12(2)15(11-25)22-16-10-24-13(3)7-21-18(24)17(23-16)20-9-14-5-4-6-19-8-14/h4-8,10,12,15,22,25H,9,11H2,1-3H3,(H,20,23). The molecule has 7 heteroatoms. The fraction of sp³-hybridized carbons (Fsp3) is 0.389. The van der Waals surface area contributed by atoms with Crippen LogP contribution < -0.4 is 10.6 Å². The number of rotatable bonds is 7. The Morgan fingerprint density at radius 2 is 2.12 bits per heavy atom. The van der Waals surface area contributed by atoms with E-state index in [4.69, 9.17) is 0 Å². The van der Waals surface area contributed by atoms with Crippen LogP contribution >= 0.6 is 0 Å². The lowest BCUT2D eigenvalue weighted by Crippen LogP contribution is -2.30. The van der Waals surface area contributed by atoms with E-state index >= 15 is 0 Å². The Morgan fingerprint density at radius 3 is 2.80 bits per heavy atom. The van der Waals surface area contributed by atoms with Gasteiger partial charge in [-0.15, -0.1) is 0 Å². The minimum atomic E-state index is -0.0556. The average Bonchev–Trinajstić information content (AvgIpc) is 2.99. The second-order valence-electron chi connectivity index (χ2n) is 6.46. The topological polar surface area (TPSA) is 87.4 Å². The van der Waals surface area contributed by atoms with Gasteiger partial charge in [0.25, 0.3) is 0 Å². The van der Waals surface area contributed by atoms with E-state index in [0.29, 0.717) is 18.2 Å². The molecule has 0 bridgehead atoms. The largest absolute Gasteiger partial charge is 0.394 e. The molecule has 3 aromatic heterocycles. The predicted molar refractivity (Wildman–Crippen MR) is 98.6 cm³/mol. The summed E-state index contributed by atoms with van der Waals surface area (Å²) < 4.78 is 2.00. The first kappa shape index (κ1) is 17.2. The van der Waals surface area contributed by atoms with E-state index in [9.17, 15) is 5.11 Å². The van der Waals surface area contributed by atoms with Gasteiger partial charge in [0, 0.05) is 30.8 Å². The number of hydrogen-bond donors (Lipinski definition) is 3. The van der Waals surface area contributed by atoms with Crippen LogP contribution in [0.2, 0.25) is 0 Å². The number of aliphatic hydroxyl groups is 1. The Hall–Kier alpha value is -2.67. The number of nitrogens with zero attached hydrogens (tertiary/aromatic N) is 4. The van der Waals surface area contributed by atoms with E-state index in [1.54, 1.807) is 6.20 Å². The molecule has 0 aromatic carbocycles. The number of fused-ring (bicyclic) bond motifs is 1. The first-order chi connectivity index (χ1) is 12.1. The van der Waals surface area contributed by atoms with Gasteiger partial charge in [-0.3, -0.25) is 9.38 Å².